The van der Waals surface area contributed by atoms with E-state index in [1.807, 2.05) is 37.3 Å². The van der Waals surface area contributed by atoms with E-state index >= 15 is 0 Å². The Balaban J connectivity index is 2.43. The fourth-order valence-electron chi connectivity index (χ4n) is 1.82. The van der Waals surface area contributed by atoms with Crippen molar-refractivity contribution in [1.82, 2.24) is 5.32 Å². The third-order valence-electron chi connectivity index (χ3n) is 2.75. The lowest BCUT2D eigenvalue weighted by Crippen LogP contribution is -2.34. The summed E-state index contributed by atoms with van der Waals surface area (Å²) in [5, 5.41) is 11.3. The number of hydrogen-bond acceptors (Lipinski definition) is 2. The summed E-state index contributed by atoms with van der Waals surface area (Å²) in [4.78, 5) is 22.2. The van der Waals surface area contributed by atoms with Crippen LogP contribution in [-0.4, -0.2) is 23.0 Å². The van der Waals surface area contributed by atoms with Crippen molar-refractivity contribution in [2.45, 2.75) is 38.6 Å². The Morgan fingerprint density at radius 3 is 2.33 bits per heavy atom. The lowest BCUT2D eigenvalue weighted by atomic mass is 9.97. The minimum atomic E-state index is -0.904. The molecule has 0 fully saturated rings. The number of nitrogens with one attached hydrogen (secondary N) is 1. The highest BCUT2D eigenvalue weighted by Crippen LogP contribution is 2.18. The number of carboxylic acid groups (broad SMARTS) is 1. The van der Waals surface area contributed by atoms with Crippen molar-refractivity contribution in [3.05, 3.63) is 35.9 Å². The number of carbonyl (C=O) groups is 2. The Kier molecular flexibility index (Phi) is 5.36. The van der Waals surface area contributed by atoms with Crippen LogP contribution in [0.4, 0.5) is 0 Å². The number of hydrogen-bond donors (Lipinski definition) is 2. The van der Waals surface area contributed by atoms with E-state index in [9.17, 15) is 9.59 Å². The molecule has 2 N–H and O–H groups in total. The molecule has 0 aliphatic carbocycles. The minimum Gasteiger partial charge on any atom is -0.481 e. The van der Waals surface area contributed by atoms with Crippen molar-refractivity contribution >= 4 is 11.9 Å². The number of carbonyl (C=O) groups excluding carboxylic acids is 1. The summed E-state index contributed by atoms with van der Waals surface area (Å²) in [6.45, 7) is 3.68. The lowest BCUT2D eigenvalue weighted by molar-refractivity contribution is -0.137. The van der Waals surface area contributed by atoms with E-state index in [0.29, 0.717) is 6.42 Å². The van der Waals surface area contributed by atoms with Gasteiger partial charge in [-0.25, -0.2) is 0 Å². The number of aliphatic carboxylic acids is 1. The van der Waals surface area contributed by atoms with Crippen molar-refractivity contribution < 1.29 is 14.7 Å². The highest BCUT2D eigenvalue weighted by Gasteiger charge is 2.14. The number of rotatable bonds is 6. The van der Waals surface area contributed by atoms with Gasteiger partial charge < -0.3 is 10.4 Å². The molecule has 2 unspecified atom stereocenters. The third-order valence-corrected chi connectivity index (χ3v) is 2.75. The molecular weight excluding hydrogens is 230 g/mol. The fraction of sp³-hybridized carbons (Fsp3) is 0.429. The average molecular weight is 249 g/mol. The molecule has 18 heavy (non-hydrogen) atoms. The van der Waals surface area contributed by atoms with Crippen LogP contribution in [0.2, 0.25) is 0 Å². The van der Waals surface area contributed by atoms with E-state index in [1.54, 1.807) is 6.92 Å². The summed E-state index contributed by atoms with van der Waals surface area (Å²) < 4.78 is 0. The standard InChI is InChI=1S/C14H19NO3/c1-10(12-6-4-3-5-7-12)8-13(16)15-11(2)9-14(17)18/h3-7,10-11H,8-9H2,1-2H3,(H,15,16)(H,17,18). The Morgan fingerprint density at radius 2 is 1.78 bits per heavy atom. The predicted octanol–water partition coefficient (Wildman–Crippen LogP) is 2.16. The molecule has 0 saturated heterocycles. The second-order valence-corrected chi connectivity index (χ2v) is 4.58. The first-order valence-corrected chi connectivity index (χ1v) is 6.05. The van der Waals surface area contributed by atoms with Gasteiger partial charge in [0, 0.05) is 12.5 Å². The molecule has 1 aromatic rings. The molecule has 2 atom stereocenters. The van der Waals surface area contributed by atoms with Gasteiger partial charge in [-0.2, -0.15) is 0 Å². The van der Waals surface area contributed by atoms with Crippen molar-refractivity contribution in [1.29, 1.82) is 0 Å². The van der Waals surface area contributed by atoms with Gasteiger partial charge in [0.05, 0.1) is 6.42 Å². The Bertz CT molecular complexity index is 403. The molecule has 0 saturated carbocycles. The summed E-state index contributed by atoms with van der Waals surface area (Å²) in [5.41, 5.74) is 1.11. The van der Waals surface area contributed by atoms with E-state index < -0.39 is 5.97 Å². The van der Waals surface area contributed by atoms with Crippen LogP contribution in [0.15, 0.2) is 30.3 Å². The minimum absolute atomic E-state index is 0.0501. The van der Waals surface area contributed by atoms with E-state index in [0.717, 1.165) is 5.56 Å². The lowest BCUT2D eigenvalue weighted by Gasteiger charge is -2.15. The van der Waals surface area contributed by atoms with Gasteiger partial charge in [0.15, 0.2) is 0 Å². The number of benzene rings is 1. The van der Waals surface area contributed by atoms with Crippen molar-refractivity contribution in [3.63, 3.8) is 0 Å². The molecular formula is C14H19NO3. The third kappa shape index (κ3) is 4.99. The first kappa shape index (κ1) is 14.2. The molecule has 4 heteroatoms. The Hall–Kier alpha value is -1.84. The maximum absolute atomic E-state index is 11.7. The highest BCUT2D eigenvalue weighted by atomic mass is 16.4. The van der Waals surface area contributed by atoms with Gasteiger partial charge in [-0.15, -0.1) is 0 Å². The molecule has 98 valence electrons. The zero-order chi connectivity index (χ0) is 13.5. The van der Waals surface area contributed by atoms with E-state index in [2.05, 4.69) is 5.32 Å². The molecule has 1 rings (SSSR count). The van der Waals surface area contributed by atoms with Crippen LogP contribution in [0, 0.1) is 0 Å². The molecule has 1 aromatic carbocycles. The smallest absolute Gasteiger partial charge is 0.305 e. The molecule has 0 heterocycles. The normalized spacial score (nSPS) is 13.7. The van der Waals surface area contributed by atoms with E-state index in [4.69, 9.17) is 5.11 Å². The van der Waals surface area contributed by atoms with Crippen molar-refractivity contribution in [2.75, 3.05) is 0 Å². The first-order valence-electron chi connectivity index (χ1n) is 6.05. The van der Waals surface area contributed by atoms with Gasteiger partial charge in [-0.05, 0) is 18.4 Å². The predicted molar refractivity (Wildman–Crippen MR) is 69.3 cm³/mol. The number of amides is 1. The summed E-state index contributed by atoms with van der Waals surface area (Å²) in [5.74, 6) is -0.887. The van der Waals surface area contributed by atoms with Crippen molar-refractivity contribution in [2.24, 2.45) is 0 Å². The molecule has 0 spiro atoms. The topological polar surface area (TPSA) is 66.4 Å². The highest BCUT2D eigenvalue weighted by molar-refractivity contribution is 5.78. The quantitative estimate of drug-likeness (QED) is 0.812. The largest absolute Gasteiger partial charge is 0.481 e. The van der Waals surface area contributed by atoms with Gasteiger partial charge in [0.1, 0.15) is 0 Å². The van der Waals surface area contributed by atoms with Crippen LogP contribution in [-0.2, 0) is 9.59 Å². The van der Waals surface area contributed by atoms with Gasteiger partial charge in [0.25, 0.3) is 0 Å². The second kappa shape index (κ2) is 6.79. The molecule has 0 aromatic heterocycles. The molecule has 1 amide bonds. The number of carboxylic acids is 1. The SMILES string of the molecule is CC(CC(=O)O)NC(=O)CC(C)c1ccccc1. The summed E-state index contributed by atoms with van der Waals surface area (Å²) in [6.07, 6.45) is 0.319. The Morgan fingerprint density at radius 1 is 1.17 bits per heavy atom. The molecule has 0 aliphatic heterocycles. The van der Waals surface area contributed by atoms with E-state index in [-0.39, 0.29) is 24.3 Å². The van der Waals surface area contributed by atoms with E-state index in [1.165, 1.54) is 0 Å². The van der Waals surface area contributed by atoms with Crippen molar-refractivity contribution in [3.8, 4) is 0 Å². The summed E-state index contributed by atoms with van der Waals surface area (Å²) in [7, 11) is 0. The van der Waals surface area contributed by atoms with Crippen LogP contribution in [0.3, 0.4) is 0 Å². The van der Waals surface area contributed by atoms with Gasteiger partial charge in [-0.3, -0.25) is 9.59 Å². The van der Waals surface area contributed by atoms with Gasteiger partial charge >= 0.3 is 5.97 Å². The summed E-state index contributed by atoms with van der Waals surface area (Å²) in [6, 6.07) is 9.45. The van der Waals surface area contributed by atoms with Crippen LogP contribution >= 0.6 is 0 Å². The fourth-order valence-corrected chi connectivity index (χ4v) is 1.82. The molecule has 0 aliphatic rings. The maximum atomic E-state index is 11.7. The van der Waals surface area contributed by atoms with Gasteiger partial charge in [-0.1, -0.05) is 37.3 Å². The zero-order valence-electron chi connectivity index (χ0n) is 10.7. The molecule has 0 radical (unpaired) electrons. The molecule has 4 nitrogen and oxygen atoms in total. The van der Waals surface area contributed by atoms with Gasteiger partial charge in [0.2, 0.25) is 5.91 Å². The first-order chi connectivity index (χ1) is 8.49. The van der Waals surface area contributed by atoms with Crippen LogP contribution < -0.4 is 5.32 Å². The monoisotopic (exact) mass is 249 g/mol. The zero-order valence-corrected chi connectivity index (χ0v) is 10.7. The molecule has 0 bridgehead atoms. The summed E-state index contributed by atoms with van der Waals surface area (Å²) >= 11 is 0. The van der Waals surface area contributed by atoms with Crippen LogP contribution in [0.5, 0.6) is 0 Å². The second-order valence-electron chi connectivity index (χ2n) is 4.58. The van der Waals surface area contributed by atoms with Crippen LogP contribution in [0.1, 0.15) is 38.2 Å². The average Bonchev–Trinajstić information content (AvgIpc) is 2.28. The maximum Gasteiger partial charge on any atom is 0.305 e. The Labute approximate surface area is 107 Å². The van der Waals surface area contributed by atoms with Crippen LogP contribution in [0.25, 0.3) is 0 Å².